The molecule has 2 aromatic heterocycles. The van der Waals surface area contributed by atoms with Gasteiger partial charge in [0.2, 0.25) is 0 Å². The van der Waals surface area contributed by atoms with Crippen molar-refractivity contribution in [2.24, 2.45) is 0 Å². The van der Waals surface area contributed by atoms with Gasteiger partial charge < -0.3 is 9.30 Å². The number of esters is 1. The second-order valence-electron chi connectivity index (χ2n) is 5.93. The van der Waals surface area contributed by atoms with E-state index in [4.69, 9.17) is 14.7 Å². The first-order valence-corrected chi connectivity index (χ1v) is 10.6. The van der Waals surface area contributed by atoms with Crippen LogP contribution in [-0.2, 0) is 17.0 Å². The fourth-order valence-corrected chi connectivity index (χ4v) is 5.01. The van der Waals surface area contributed by atoms with Gasteiger partial charge in [0, 0.05) is 6.54 Å². The number of nitrogens with zero attached hydrogens (tertiary/aromatic N) is 3. The molecule has 4 rings (SSSR count). The van der Waals surface area contributed by atoms with Gasteiger partial charge >= 0.3 is 5.97 Å². The summed E-state index contributed by atoms with van der Waals surface area (Å²) in [7, 11) is 0. The summed E-state index contributed by atoms with van der Waals surface area (Å²) in [4.78, 5) is 21.4. The van der Waals surface area contributed by atoms with Crippen LogP contribution in [0.25, 0.3) is 21.3 Å². The highest BCUT2D eigenvalue weighted by Crippen LogP contribution is 2.30. The van der Waals surface area contributed by atoms with Crippen molar-refractivity contribution in [2.45, 2.75) is 31.3 Å². The van der Waals surface area contributed by atoms with Gasteiger partial charge in [-0.1, -0.05) is 23.9 Å². The van der Waals surface area contributed by atoms with Crippen LogP contribution in [-0.4, -0.2) is 27.1 Å². The summed E-state index contributed by atoms with van der Waals surface area (Å²) in [6.45, 7) is 5.09. The molecule has 0 radical (unpaired) electrons. The summed E-state index contributed by atoms with van der Waals surface area (Å²) in [6, 6.07) is 13.7. The molecule has 0 N–H and O–H groups in total. The van der Waals surface area contributed by atoms with E-state index in [1.165, 1.54) is 4.70 Å². The first kappa shape index (κ1) is 18.0. The summed E-state index contributed by atoms with van der Waals surface area (Å²) >= 11 is 3.39. The Morgan fingerprint density at radius 2 is 2.00 bits per heavy atom. The second-order valence-corrected chi connectivity index (χ2v) is 7.98. The van der Waals surface area contributed by atoms with Crippen molar-refractivity contribution in [2.75, 3.05) is 6.61 Å². The highest BCUT2D eigenvalue weighted by atomic mass is 32.2. The maximum absolute atomic E-state index is 12.0. The molecule has 0 amide bonds. The minimum Gasteiger partial charge on any atom is -0.462 e. The zero-order chi connectivity index (χ0) is 18.8. The van der Waals surface area contributed by atoms with E-state index >= 15 is 0 Å². The van der Waals surface area contributed by atoms with Gasteiger partial charge in [0.1, 0.15) is 5.01 Å². The third-order valence-electron chi connectivity index (χ3n) is 4.20. The normalized spacial score (nSPS) is 11.3. The molecule has 0 unspecified atom stereocenters. The van der Waals surface area contributed by atoms with Crippen LogP contribution in [0.5, 0.6) is 0 Å². The number of hydrogen-bond acceptors (Lipinski definition) is 6. The Morgan fingerprint density at radius 3 is 2.78 bits per heavy atom. The number of ether oxygens (including phenoxy) is 1. The van der Waals surface area contributed by atoms with Gasteiger partial charge in [-0.15, -0.1) is 11.3 Å². The average molecular weight is 398 g/mol. The lowest BCUT2D eigenvalue weighted by Gasteiger charge is -2.05. The standard InChI is InChI=1S/C20H19N3O2S2/c1-3-23-16-10-9-13(19(24)25-4-2)11-15(16)22-20(23)26-12-18-21-14-7-5-6-8-17(14)27-18/h5-11H,3-4,12H2,1-2H3. The molecule has 7 heteroatoms. The second kappa shape index (κ2) is 7.70. The number of fused-ring (bicyclic) bond motifs is 2. The molecule has 4 aromatic rings. The molecule has 0 saturated heterocycles. The van der Waals surface area contributed by atoms with Crippen molar-refractivity contribution in [3.05, 3.63) is 53.0 Å². The molecular weight excluding hydrogens is 378 g/mol. The topological polar surface area (TPSA) is 57.0 Å². The number of aryl methyl sites for hydroxylation is 1. The van der Waals surface area contributed by atoms with E-state index < -0.39 is 0 Å². The van der Waals surface area contributed by atoms with Crippen LogP contribution in [0.3, 0.4) is 0 Å². The summed E-state index contributed by atoms with van der Waals surface area (Å²) in [5.74, 6) is 0.460. The lowest BCUT2D eigenvalue weighted by Crippen LogP contribution is -2.04. The van der Waals surface area contributed by atoms with Crippen molar-refractivity contribution in [1.82, 2.24) is 14.5 Å². The number of carbonyl (C=O) groups excluding carboxylic acids is 1. The first-order valence-electron chi connectivity index (χ1n) is 8.84. The van der Waals surface area contributed by atoms with Crippen molar-refractivity contribution < 1.29 is 9.53 Å². The largest absolute Gasteiger partial charge is 0.462 e. The summed E-state index contributed by atoms with van der Waals surface area (Å²) in [5, 5.41) is 2.02. The highest BCUT2D eigenvalue weighted by Gasteiger charge is 2.14. The van der Waals surface area contributed by atoms with Crippen LogP contribution in [0.4, 0.5) is 0 Å². The Balaban J connectivity index is 1.61. The third-order valence-corrected chi connectivity index (χ3v) is 6.41. The number of aromatic nitrogens is 3. The number of benzene rings is 2. The molecule has 0 saturated carbocycles. The van der Waals surface area contributed by atoms with Gasteiger partial charge in [-0.05, 0) is 44.2 Å². The van der Waals surface area contributed by atoms with E-state index in [1.807, 2.05) is 24.3 Å². The highest BCUT2D eigenvalue weighted by molar-refractivity contribution is 7.98. The monoisotopic (exact) mass is 397 g/mol. The first-order chi connectivity index (χ1) is 13.2. The maximum atomic E-state index is 12.0. The van der Waals surface area contributed by atoms with Gasteiger partial charge in [-0.25, -0.2) is 14.8 Å². The van der Waals surface area contributed by atoms with Crippen LogP contribution in [0.2, 0.25) is 0 Å². The van der Waals surface area contributed by atoms with Gasteiger partial charge in [0.05, 0.1) is 39.2 Å². The van der Waals surface area contributed by atoms with E-state index in [-0.39, 0.29) is 5.97 Å². The summed E-state index contributed by atoms with van der Waals surface area (Å²) in [6.07, 6.45) is 0. The van der Waals surface area contributed by atoms with Crippen LogP contribution >= 0.6 is 23.1 Å². The number of imidazole rings is 1. The molecule has 5 nitrogen and oxygen atoms in total. The average Bonchev–Trinajstić information content (AvgIpc) is 3.26. The molecule has 138 valence electrons. The van der Waals surface area contributed by atoms with E-state index in [9.17, 15) is 4.79 Å². The Labute approximate surface area is 165 Å². The molecule has 0 bridgehead atoms. The number of hydrogen-bond donors (Lipinski definition) is 0. The number of rotatable bonds is 6. The zero-order valence-electron chi connectivity index (χ0n) is 15.1. The van der Waals surface area contributed by atoms with Gasteiger partial charge in [0.25, 0.3) is 0 Å². The van der Waals surface area contributed by atoms with Gasteiger partial charge in [-0.2, -0.15) is 0 Å². The van der Waals surface area contributed by atoms with E-state index in [1.54, 1.807) is 42.2 Å². The minimum absolute atomic E-state index is 0.311. The Morgan fingerprint density at radius 1 is 1.15 bits per heavy atom. The lowest BCUT2D eigenvalue weighted by atomic mass is 10.2. The maximum Gasteiger partial charge on any atom is 0.338 e. The zero-order valence-corrected chi connectivity index (χ0v) is 16.8. The molecule has 0 aliphatic rings. The fraction of sp³-hybridized carbons (Fsp3) is 0.250. The third kappa shape index (κ3) is 3.57. The predicted molar refractivity (Wildman–Crippen MR) is 111 cm³/mol. The fourth-order valence-electron chi connectivity index (χ4n) is 2.97. The minimum atomic E-state index is -0.311. The molecule has 27 heavy (non-hydrogen) atoms. The van der Waals surface area contributed by atoms with Crippen LogP contribution in [0, 0.1) is 0 Å². The molecule has 0 spiro atoms. The number of carbonyl (C=O) groups is 1. The van der Waals surface area contributed by atoms with Crippen molar-refractivity contribution >= 4 is 50.3 Å². The summed E-state index contributed by atoms with van der Waals surface area (Å²) in [5.41, 5.74) is 3.42. The predicted octanol–water partition coefficient (Wildman–Crippen LogP) is 5.13. The molecule has 0 aliphatic carbocycles. The molecule has 0 aliphatic heterocycles. The SMILES string of the molecule is CCOC(=O)c1ccc2c(c1)nc(SCc1nc3ccccc3s1)n2CC. The van der Waals surface area contributed by atoms with E-state index in [2.05, 4.69) is 17.6 Å². The Bertz CT molecular complexity index is 1080. The number of thiazole rings is 1. The van der Waals surface area contributed by atoms with Crippen molar-refractivity contribution in [3.63, 3.8) is 0 Å². The molecule has 0 fully saturated rings. The summed E-state index contributed by atoms with van der Waals surface area (Å²) < 4.78 is 8.46. The van der Waals surface area contributed by atoms with Crippen molar-refractivity contribution in [1.29, 1.82) is 0 Å². The number of thioether (sulfide) groups is 1. The van der Waals surface area contributed by atoms with Crippen LogP contribution in [0.1, 0.15) is 29.2 Å². The molecular formula is C20H19N3O2S2. The Kier molecular flexibility index (Phi) is 5.13. The smallest absolute Gasteiger partial charge is 0.338 e. The molecule has 2 heterocycles. The Hall–Kier alpha value is -2.38. The van der Waals surface area contributed by atoms with Crippen molar-refractivity contribution in [3.8, 4) is 0 Å². The van der Waals surface area contributed by atoms with Gasteiger partial charge in [0.15, 0.2) is 5.16 Å². The quantitative estimate of drug-likeness (QED) is 0.333. The van der Waals surface area contributed by atoms with Crippen LogP contribution in [0.15, 0.2) is 47.6 Å². The van der Waals surface area contributed by atoms with E-state index in [0.29, 0.717) is 12.2 Å². The molecule has 2 aromatic carbocycles. The van der Waals surface area contributed by atoms with E-state index in [0.717, 1.165) is 39.0 Å². The van der Waals surface area contributed by atoms with Crippen LogP contribution < -0.4 is 0 Å². The lowest BCUT2D eigenvalue weighted by molar-refractivity contribution is 0.0526. The van der Waals surface area contributed by atoms with Gasteiger partial charge in [-0.3, -0.25) is 0 Å². The molecule has 0 atom stereocenters. The number of para-hydroxylation sites is 1.